The minimum absolute atomic E-state index is 0.0377. The average molecular weight is 1040 g/mol. The van der Waals surface area contributed by atoms with Crippen molar-refractivity contribution in [1.29, 1.82) is 0 Å². The number of aliphatic hydroxyl groups excluding tert-OH is 1. The number of nitrogens with one attached hydrogen (secondary N) is 5. The number of benzene rings is 3. The number of likely N-dealkylation sites (tertiary alicyclic amines) is 1. The average Bonchev–Trinajstić information content (AvgIpc) is 3.99. The van der Waals surface area contributed by atoms with Crippen LogP contribution >= 0.6 is 23.6 Å². The maximum atomic E-state index is 14.2. The zero-order chi connectivity index (χ0) is 51.6. The lowest BCUT2D eigenvalue weighted by Crippen LogP contribution is -2.57. The molecule has 2 aliphatic rings. The van der Waals surface area contributed by atoms with Crippen molar-refractivity contribution in [2.24, 2.45) is 5.41 Å². The highest BCUT2D eigenvalue weighted by Gasteiger charge is 2.44. The van der Waals surface area contributed by atoms with Gasteiger partial charge in [-0.2, -0.15) is 4.31 Å². The standard InChI is InChI=1S/C52H64N10O7S3/c1-34(38-13-15-39(16-14-38)46-35(2)56-33-71-46)57-49(66)44-28-42(63)32-62(44)50(67)47(52(3,4)5)59-45(64)12-8-22-54-48(65)40-11-6-9-36(27-40)31-60-23-25-61(26-24-60)72(68,69)43-19-17-41(18-20-43)58-51(70)55-30-37-10-7-21-53-29-37/h6-7,9-11,13-21,27,29,33-34,42,44,47,63H,8,12,22-26,28,30-32H2,1-5H3,(H,54,65)(H,57,66)(H,59,64)(H2,55,58,70)/t34-,42+,44-,47+/m0/s1. The van der Waals surface area contributed by atoms with Crippen LogP contribution < -0.4 is 26.6 Å². The molecule has 0 radical (unpaired) electrons. The topological polar surface area (TPSA) is 218 Å². The fourth-order valence-electron chi connectivity index (χ4n) is 8.72. The lowest BCUT2D eigenvalue weighted by atomic mass is 9.85. The van der Waals surface area contributed by atoms with Crippen LogP contribution in [0.2, 0.25) is 0 Å². The van der Waals surface area contributed by atoms with Crippen molar-refractivity contribution in [3.05, 3.63) is 131 Å². The van der Waals surface area contributed by atoms with Gasteiger partial charge in [-0.25, -0.2) is 13.4 Å². The van der Waals surface area contributed by atoms with E-state index in [1.165, 1.54) is 9.21 Å². The van der Waals surface area contributed by atoms with Crippen molar-refractivity contribution in [2.45, 2.75) is 96.1 Å². The predicted octanol–water partition coefficient (Wildman–Crippen LogP) is 5.39. The third kappa shape index (κ3) is 14.1. The van der Waals surface area contributed by atoms with E-state index >= 15 is 0 Å². The van der Waals surface area contributed by atoms with Crippen LogP contribution in [-0.2, 0) is 37.5 Å². The molecule has 2 aliphatic heterocycles. The zero-order valence-electron chi connectivity index (χ0n) is 41.3. The highest BCUT2D eigenvalue weighted by atomic mass is 32.2. The molecule has 0 saturated carbocycles. The highest BCUT2D eigenvalue weighted by Crippen LogP contribution is 2.30. The van der Waals surface area contributed by atoms with Crippen molar-refractivity contribution in [3.8, 4) is 10.4 Å². The first-order valence-corrected chi connectivity index (χ1v) is 26.8. The number of anilines is 1. The monoisotopic (exact) mass is 1040 g/mol. The summed E-state index contributed by atoms with van der Waals surface area (Å²) in [5, 5.41) is 26.1. The van der Waals surface area contributed by atoms with E-state index in [0.29, 0.717) is 62.1 Å². The van der Waals surface area contributed by atoms with E-state index in [0.717, 1.165) is 32.8 Å². The van der Waals surface area contributed by atoms with E-state index in [1.807, 2.05) is 94.7 Å². The normalized spacial score (nSPS) is 17.4. The van der Waals surface area contributed by atoms with Gasteiger partial charge in [0, 0.05) is 88.8 Å². The molecule has 382 valence electrons. The number of hydrogen-bond acceptors (Lipinski definition) is 12. The smallest absolute Gasteiger partial charge is 0.251 e. The molecule has 2 saturated heterocycles. The molecule has 3 aromatic carbocycles. The molecule has 17 nitrogen and oxygen atoms in total. The fourth-order valence-corrected chi connectivity index (χ4v) is 11.1. The molecule has 0 bridgehead atoms. The molecule has 0 aliphatic carbocycles. The Morgan fingerprint density at radius 1 is 0.917 bits per heavy atom. The molecule has 2 fully saturated rings. The predicted molar refractivity (Wildman–Crippen MR) is 282 cm³/mol. The first kappa shape index (κ1) is 53.6. The number of pyridine rings is 1. The lowest BCUT2D eigenvalue weighted by Gasteiger charge is -2.35. The third-order valence-corrected chi connectivity index (χ3v) is 15.9. The van der Waals surface area contributed by atoms with Gasteiger partial charge in [0.2, 0.25) is 27.7 Å². The molecule has 5 aromatic rings. The summed E-state index contributed by atoms with van der Waals surface area (Å²) in [5.41, 5.74) is 6.96. The minimum Gasteiger partial charge on any atom is -0.391 e. The number of β-amino-alcohol motifs (C(OH)–C–C–N with tert-alkyl or cyclic N) is 1. The van der Waals surface area contributed by atoms with E-state index in [-0.39, 0.29) is 54.6 Å². The molecule has 7 rings (SSSR count). The number of piperazine rings is 1. The molecule has 2 aromatic heterocycles. The summed E-state index contributed by atoms with van der Waals surface area (Å²) in [6, 6.07) is 23.2. The number of thiocarbonyl (C=S) groups is 1. The number of carbonyl (C=O) groups excluding carboxylic acids is 4. The van der Waals surface area contributed by atoms with Crippen LogP contribution in [-0.4, -0.2) is 124 Å². The Morgan fingerprint density at radius 2 is 1.64 bits per heavy atom. The van der Waals surface area contributed by atoms with Crippen LogP contribution in [0.5, 0.6) is 0 Å². The van der Waals surface area contributed by atoms with Gasteiger partial charge in [0.1, 0.15) is 12.1 Å². The van der Waals surface area contributed by atoms with Crippen molar-refractivity contribution in [3.63, 3.8) is 0 Å². The summed E-state index contributed by atoms with van der Waals surface area (Å²) in [4.78, 5) is 67.6. The third-order valence-electron chi connectivity index (χ3n) is 12.8. The number of aliphatic hydroxyl groups is 1. The van der Waals surface area contributed by atoms with Crippen molar-refractivity contribution >= 4 is 68.0 Å². The maximum Gasteiger partial charge on any atom is 0.251 e. The second-order valence-corrected chi connectivity index (χ2v) is 22.5. The van der Waals surface area contributed by atoms with Gasteiger partial charge in [0.15, 0.2) is 5.11 Å². The number of carbonyl (C=O) groups is 4. The SMILES string of the molecule is Cc1ncsc1-c1ccc([C@H](C)NC(=O)[C@@H]2C[C@@H](O)CN2C(=O)[C@@H](NC(=O)CCCNC(=O)c2cccc(CN3CCN(S(=O)(=O)c4ccc(NC(=S)NCc5cccnc5)cc4)CC3)c2)C(C)(C)C)cc1. The summed E-state index contributed by atoms with van der Waals surface area (Å²) in [6.45, 7) is 12.2. The van der Waals surface area contributed by atoms with Gasteiger partial charge in [0.25, 0.3) is 5.91 Å². The summed E-state index contributed by atoms with van der Waals surface area (Å²) in [6.07, 6.45) is 2.97. The Morgan fingerprint density at radius 3 is 2.31 bits per heavy atom. The van der Waals surface area contributed by atoms with Crippen molar-refractivity contribution in [2.75, 3.05) is 44.6 Å². The molecular formula is C52H64N10O7S3. The number of nitrogens with zero attached hydrogens (tertiary/aromatic N) is 5. The van der Waals surface area contributed by atoms with E-state index in [1.54, 1.807) is 54.1 Å². The Bertz CT molecular complexity index is 2800. The molecule has 72 heavy (non-hydrogen) atoms. The zero-order valence-corrected chi connectivity index (χ0v) is 43.7. The van der Waals surface area contributed by atoms with E-state index in [9.17, 15) is 32.7 Å². The van der Waals surface area contributed by atoms with Gasteiger partial charge in [-0.15, -0.1) is 11.3 Å². The summed E-state index contributed by atoms with van der Waals surface area (Å²) in [5.74, 6) is -1.51. The van der Waals surface area contributed by atoms with Crippen LogP contribution in [0.4, 0.5) is 5.69 Å². The largest absolute Gasteiger partial charge is 0.391 e. The summed E-state index contributed by atoms with van der Waals surface area (Å²) >= 11 is 6.96. The van der Waals surface area contributed by atoms with Gasteiger partial charge in [-0.05, 0) is 103 Å². The molecule has 4 amide bonds. The number of thiazole rings is 1. The van der Waals surface area contributed by atoms with E-state index < -0.39 is 39.5 Å². The maximum absolute atomic E-state index is 14.2. The number of aryl methyl sites for hydroxylation is 1. The van der Waals surface area contributed by atoms with Gasteiger partial charge in [0.05, 0.1) is 33.1 Å². The Balaban J connectivity index is 0.833. The second-order valence-electron chi connectivity index (χ2n) is 19.3. The Kier molecular flexibility index (Phi) is 17.9. The first-order valence-electron chi connectivity index (χ1n) is 24.1. The lowest BCUT2D eigenvalue weighted by molar-refractivity contribution is -0.144. The second kappa shape index (κ2) is 24.0. The fraction of sp³-hybridized carbons (Fsp3) is 0.404. The van der Waals surface area contributed by atoms with Gasteiger partial charge < -0.3 is 36.6 Å². The molecule has 4 atom stereocenters. The summed E-state index contributed by atoms with van der Waals surface area (Å²) < 4.78 is 28.6. The molecule has 20 heteroatoms. The number of hydrogen-bond donors (Lipinski definition) is 6. The Labute approximate surface area is 431 Å². The van der Waals surface area contributed by atoms with Gasteiger partial charge >= 0.3 is 0 Å². The molecule has 6 N–H and O–H groups in total. The van der Waals surface area contributed by atoms with Crippen LogP contribution in [0.15, 0.2) is 108 Å². The van der Waals surface area contributed by atoms with Crippen LogP contribution in [0.25, 0.3) is 10.4 Å². The van der Waals surface area contributed by atoms with Crippen molar-refractivity contribution in [1.82, 2.24) is 45.3 Å². The molecule has 0 spiro atoms. The van der Waals surface area contributed by atoms with Crippen LogP contribution in [0.1, 0.15) is 85.7 Å². The molecule has 0 unspecified atom stereocenters. The van der Waals surface area contributed by atoms with E-state index in [4.69, 9.17) is 12.2 Å². The minimum atomic E-state index is -3.72. The van der Waals surface area contributed by atoms with E-state index in [2.05, 4.69) is 41.5 Å². The number of rotatable bonds is 18. The number of aromatic nitrogens is 2. The van der Waals surface area contributed by atoms with Gasteiger partial charge in [-0.1, -0.05) is 63.2 Å². The number of sulfonamides is 1. The first-order chi connectivity index (χ1) is 34.3. The highest BCUT2D eigenvalue weighted by molar-refractivity contribution is 7.89. The Hall–Kier alpha value is -6.16. The molecular weight excluding hydrogens is 973 g/mol. The van der Waals surface area contributed by atoms with Crippen LogP contribution in [0, 0.1) is 12.3 Å². The van der Waals surface area contributed by atoms with Gasteiger partial charge in [-0.3, -0.25) is 29.1 Å². The summed E-state index contributed by atoms with van der Waals surface area (Å²) in [7, 11) is -3.72. The molecule has 4 heterocycles. The van der Waals surface area contributed by atoms with Crippen molar-refractivity contribution < 1.29 is 32.7 Å². The number of amides is 4. The quantitative estimate of drug-likeness (QED) is 0.0480. The van der Waals surface area contributed by atoms with Crippen LogP contribution in [0.3, 0.4) is 0 Å².